The molecule has 0 unspecified atom stereocenters. The predicted molar refractivity (Wildman–Crippen MR) is 200 cm³/mol. The number of nitrogens with zero attached hydrogens (tertiary/aromatic N) is 5. The first kappa shape index (κ1) is 40.3. The molecule has 12 heteroatoms. The van der Waals surface area contributed by atoms with Crippen LogP contribution in [0.25, 0.3) is 0 Å². The number of ether oxygens (including phenoxy) is 3. The molecule has 2 aromatic carbocycles. The Kier molecular flexibility index (Phi) is 12.5. The van der Waals surface area contributed by atoms with Crippen LogP contribution in [-0.2, 0) is 27.3 Å². The summed E-state index contributed by atoms with van der Waals surface area (Å²) in [7, 11) is 0. The van der Waals surface area contributed by atoms with Crippen molar-refractivity contribution >= 4 is 29.9 Å². The van der Waals surface area contributed by atoms with Gasteiger partial charge in [0, 0.05) is 19.3 Å². The maximum absolute atomic E-state index is 13.8. The Morgan fingerprint density at radius 1 is 0.755 bits per heavy atom. The number of piperidine rings is 1. The number of rotatable bonds is 7. The van der Waals surface area contributed by atoms with Gasteiger partial charge in [0.1, 0.15) is 16.8 Å². The standard InChI is InChI=1S/C41H51N5O7/c1-39(2,3)51-36(48)45(26-29-13-10-12-28(20-29)23-42)34-22-33(24-43-25-34)35(47)44-18-16-31(17-19-44)32-15-11-14-30(21-32)27-46(37(49)52-40(4,5)6)38(50)53-41(7,8)9/h10-15,20-22,24-25,31H,16-19,26-27H2,1-9H3. The van der Waals surface area contributed by atoms with Crippen LogP contribution >= 0.6 is 0 Å². The number of hydrogen-bond acceptors (Lipinski definition) is 9. The fraction of sp³-hybridized carbons (Fsp3) is 0.463. The molecule has 3 aromatic rings. The summed E-state index contributed by atoms with van der Waals surface area (Å²) in [6.07, 6.45) is 2.23. The molecule has 1 fully saturated rings. The van der Waals surface area contributed by atoms with Crippen molar-refractivity contribution in [2.75, 3.05) is 18.0 Å². The zero-order valence-corrected chi connectivity index (χ0v) is 32.3. The molecule has 0 radical (unpaired) electrons. The predicted octanol–water partition coefficient (Wildman–Crippen LogP) is 8.59. The summed E-state index contributed by atoms with van der Waals surface area (Å²) in [5.74, 6) is -0.0562. The van der Waals surface area contributed by atoms with Crippen molar-refractivity contribution in [2.24, 2.45) is 0 Å². The number of aromatic nitrogens is 1. The molecule has 4 rings (SSSR count). The molecule has 282 valence electrons. The zero-order chi connectivity index (χ0) is 39.1. The van der Waals surface area contributed by atoms with E-state index < -0.39 is 35.1 Å². The van der Waals surface area contributed by atoms with Gasteiger partial charge in [-0.2, -0.15) is 5.26 Å². The minimum atomic E-state index is -0.801. The van der Waals surface area contributed by atoms with E-state index in [1.165, 1.54) is 17.3 Å². The van der Waals surface area contributed by atoms with Gasteiger partial charge in [0.25, 0.3) is 5.91 Å². The molecule has 0 N–H and O–H groups in total. The summed E-state index contributed by atoms with van der Waals surface area (Å²) in [5, 5.41) is 9.38. The Labute approximate surface area is 312 Å². The molecular formula is C41H51N5O7. The van der Waals surface area contributed by atoms with Crippen LogP contribution in [0.3, 0.4) is 0 Å². The third-order valence-corrected chi connectivity index (χ3v) is 8.07. The first-order chi connectivity index (χ1) is 24.7. The molecule has 1 saturated heterocycles. The monoisotopic (exact) mass is 725 g/mol. The molecule has 0 bridgehead atoms. The van der Waals surface area contributed by atoms with Crippen molar-refractivity contribution in [1.29, 1.82) is 5.26 Å². The van der Waals surface area contributed by atoms with Crippen LogP contribution in [0.15, 0.2) is 67.0 Å². The number of carbonyl (C=O) groups excluding carboxylic acids is 4. The first-order valence-electron chi connectivity index (χ1n) is 17.8. The van der Waals surface area contributed by atoms with Gasteiger partial charge in [-0.05, 0) is 116 Å². The normalized spacial score (nSPS) is 13.8. The third-order valence-electron chi connectivity index (χ3n) is 8.07. The Balaban J connectivity index is 1.47. The van der Waals surface area contributed by atoms with E-state index >= 15 is 0 Å². The molecular weight excluding hydrogens is 674 g/mol. The van der Waals surface area contributed by atoms with Crippen LogP contribution in [-0.4, -0.2) is 68.9 Å². The smallest absolute Gasteiger partial charge is 0.420 e. The lowest BCUT2D eigenvalue weighted by atomic mass is 9.88. The number of benzene rings is 2. The van der Waals surface area contributed by atoms with E-state index in [0.717, 1.165) is 21.6 Å². The molecule has 0 aliphatic carbocycles. The topological polar surface area (TPSA) is 142 Å². The summed E-state index contributed by atoms with van der Waals surface area (Å²) >= 11 is 0. The molecule has 1 aromatic heterocycles. The summed E-state index contributed by atoms with van der Waals surface area (Å²) < 4.78 is 16.7. The summed E-state index contributed by atoms with van der Waals surface area (Å²) in [5.41, 5.74) is 1.35. The third kappa shape index (κ3) is 12.1. The molecule has 2 heterocycles. The van der Waals surface area contributed by atoms with E-state index in [-0.39, 0.29) is 24.9 Å². The van der Waals surface area contributed by atoms with Crippen molar-refractivity contribution < 1.29 is 33.4 Å². The summed E-state index contributed by atoms with van der Waals surface area (Å²) in [4.78, 5) is 61.8. The van der Waals surface area contributed by atoms with Gasteiger partial charge in [0.05, 0.1) is 42.2 Å². The van der Waals surface area contributed by atoms with Gasteiger partial charge >= 0.3 is 18.3 Å². The van der Waals surface area contributed by atoms with Gasteiger partial charge in [-0.1, -0.05) is 36.4 Å². The highest BCUT2D eigenvalue weighted by molar-refractivity contribution is 5.96. The van der Waals surface area contributed by atoms with E-state index in [4.69, 9.17) is 14.2 Å². The van der Waals surface area contributed by atoms with E-state index in [1.54, 1.807) is 91.5 Å². The van der Waals surface area contributed by atoms with E-state index in [2.05, 4.69) is 11.1 Å². The van der Waals surface area contributed by atoms with E-state index in [9.17, 15) is 24.4 Å². The molecule has 1 aliphatic heterocycles. The number of likely N-dealkylation sites (tertiary alicyclic amines) is 1. The van der Waals surface area contributed by atoms with Gasteiger partial charge in [-0.15, -0.1) is 0 Å². The number of anilines is 1. The fourth-order valence-electron chi connectivity index (χ4n) is 5.76. The highest BCUT2D eigenvalue weighted by Gasteiger charge is 2.32. The Bertz CT molecular complexity index is 1810. The van der Waals surface area contributed by atoms with Crippen molar-refractivity contribution in [3.63, 3.8) is 0 Å². The van der Waals surface area contributed by atoms with Crippen LogP contribution in [0.5, 0.6) is 0 Å². The van der Waals surface area contributed by atoms with Gasteiger partial charge in [-0.25, -0.2) is 19.3 Å². The van der Waals surface area contributed by atoms with Crippen LogP contribution in [0.1, 0.15) is 114 Å². The summed E-state index contributed by atoms with van der Waals surface area (Å²) in [6, 6.07) is 18.5. The van der Waals surface area contributed by atoms with E-state index in [1.807, 2.05) is 30.3 Å². The number of nitriles is 1. The minimum Gasteiger partial charge on any atom is -0.443 e. The maximum Gasteiger partial charge on any atom is 0.420 e. The largest absolute Gasteiger partial charge is 0.443 e. The second kappa shape index (κ2) is 16.5. The van der Waals surface area contributed by atoms with Crippen LogP contribution in [0, 0.1) is 11.3 Å². The zero-order valence-electron chi connectivity index (χ0n) is 32.3. The Hall–Kier alpha value is -5.44. The summed E-state index contributed by atoms with van der Waals surface area (Å²) in [6.45, 7) is 16.8. The SMILES string of the molecule is CC(C)(C)OC(=O)N(Cc1cccc(C2CCN(C(=O)c3cncc(N(Cc4cccc(C#N)c4)C(=O)OC(C)(C)C)c3)CC2)c1)C(=O)OC(C)(C)C. The van der Waals surface area contributed by atoms with Gasteiger partial charge in [0.2, 0.25) is 0 Å². The number of pyridine rings is 1. The molecule has 0 saturated carbocycles. The van der Waals surface area contributed by atoms with Crippen LogP contribution in [0.4, 0.5) is 20.1 Å². The van der Waals surface area contributed by atoms with Gasteiger partial charge in [-0.3, -0.25) is 14.7 Å². The number of carbonyl (C=O) groups is 4. The van der Waals surface area contributed by atoms with Gasteiger partial charge in [0.15, 0.2) is 0 Å². The first-order valence-corrected chi connectivity index (χ1v) is 17.8. The minimum absolute atomic E-state index is 0.0254. The molecule has 0 atom stereocenters. The lowest BCUT2D eigenvalue weighted by Crippen LogP contribution is -2.43. The Morgan fingerprint density at radius 3 is 1.87 bits per heavy atom. The molecule has 0 spiro atoms. The molecule has 4 amide bonds. The van der Waals surface area contributed by atoms with Crippen LogP contribution in [0.2, 0.25) is 0 Å². The molecule has 53 heavy (non-hydrogen) atoms. The van der Waals surface area contributed by atoms with E-state index in [0.29, 0.717) is 42.7 Å². The van der Waals surface area contributed by atoms with Crippen molar-refractivity contribution in [3.8, 4) is 6.07 Å². The Morgan fingerprint density at radius 2 is 1.30 bits per heavy atom. The second-order valence-corrected chi connectivity index (χ2v) is 16.2. The second-order valence-electron chi connectivity index (χ2n) is 16.2. The maximum atomic E-state index is 13.8. The lowest BCUT2D eigenvalue weighted by molar-refractivity contribution is -0.000317. The number of amides is 4. The molecule has 1 aliphatic rings. The van der Waals surface area contributed by atoms with Crippen molar-refractivity contribution in [1.82, 2.24) is 14.8 Å². The number of hydrogen-bond donors (Lipinski definition) is 0. The highest BCUT2D eigenvalue weighted by Crippen LogP contribution is 2.31. The van der Waals surface area contributed by atoms with Crippen molar-refractivity contribution in [2.45, 2.75) is 111 Å². The fourth-order valence-corrected chi connectivity index (χ4v) is 5.76. The average Bonchev–Trinajstić information content (AvgIpc) is 3.07. The molecule has 12 nitrogen and oxygen atoms in total. The quantitative estimate of drug-likeness (QED) is 0.219. The average molecular weight is 726 g/mol. The van der Waals surface area contributed by atoms with Gasteiger partial charge < -0.3 is 19.1 Å². The lowest BCUT2D eigenvalue weighted by Gasteiger charge is -2.33. The number of imide groups is 1. The van der Waals surface area contributed by atoms with Crippen LogP contribution < -0.4 is 4.90 Å². The highest BCUT2D eigenvalue weighted by atomic mass is 16.6. The van der Waals surface area contributed by atoms with Crippen molar-refractivity contribution in [3.05, 3.63) is 94.8 Å².